The van der Waals surface area contributed by atoms with E-state index in [-0.39, 0.29) is 30.6 Å². The highest BCUT2D eigenvalue weighted by molar-refractivity contribution is 5.89. The van der Waals surface area contributed by atoms with E-state index in [4.69, 9.17) is 4.42 Å². The molecular formula is C18H19FN2O3. The van der Waals surface area contributed by atoms with Crippen molar-refractivity contribution in [1.29, 1.82) is 0 Å². The van der Waals surface area contributed by atoms with Crippen LogP contribution in [0.5, 0.6) is 0 Å². The summed E-state index contributed by atoms with van der Waals surface area (Å²) in [5.74, 6) is -0.253. The van der Waals surface area contributed by atoms with E-state index >= 15 is 0 Å². The lowest BCUT2D eigenvalue weighted by molar-refractivity contribution is -0.135. The van der Waals surface area contributed by atoms with Crippen LogP contribution in [0.1, 0.15) is 17.7 Å². The fraction of sp³-hybridized carbons (Fsp3) is 0.333. The number of rotatable bonds is 5. The van der Waals surface area contributed by atoms with E-state index in [0.29, 0.717) is 24.4 Å². The van der Waals surface area contributed by atoms with Crippen LogP contribution < -0.4 is 0 Å². The van der Waals surface area contributed by atoms with Gasteiger partial charge in [-0.25, -0.2) is 4.39 Å². The van der Waals surface area contributed by atoms with Crippen LogP contribution in [0.15, 0.2) is 47.1 Å². The normalized spacial score (nSPS) is 17.3. The first kappa shape index (κ1) is 16.2. The number of hydrogen-bond donors (Lipinski definition) is 0. The first-order chi connectivity index (χ1) is 11.5. The molecule has 5 nitrogen and oxygen atoms in total. The molecule has 2 amide bonds. The molecule has 0 N–H and O–H groups in total. The standard InChI is InChI=1S/C18H19FN2O3/c1-20(10-13-5-2-3-7-16(13)19)18(23)14-9-17(22)21(11-14)12-15-6-4-8-24-15/h2-8,14H,9-12H2,1H3. The third-order valence-electron chi connectivity index (χ3n) is 4.23. The summed E-state index contributed by atoms with van der Waals surface area (Å²) in [7, 11) is 1.63. The number of amides is 2. The summed E-state index contributed by atoms with van der Waals surface area (Å²) >= 11 is 0. The van der Waals surface area contributed by atoms with Crippen molar-refractivity contribution >= 4 is 11.8 Å². The third-order valence-corrected chi connectivity index (χ3v) is 4.23. The lowest BCUT2D eigenvalue weighted by Gasteiger charge is -2.21. The van der Waals surface area contributed by atoms with Crippen LogP contribution in [0.2, 0.25) is 0 Å². The topological polar surface area (TPSA) is 53.8 Å². The van der Waals surface area contributed by atoms with Gasteiger partial charge in [0, 0.05) is 32.1 Å². The van der Waals surface area contributed by atoms with E-state index in [9.17, 15) is 14.0 Å². The number of halogens is 1. The van der Waals surface area contributed by atoms with E-state index < -0.39 is 5.92 Å². The highest BCUT2D eigenvalue weighted by atomic mass is 19.1. The number of benzene rings is 1. The lowest BCUT2D eigenvalue weighted by atomic mass is 10.1. The summed E-state index contributed by atoms with van der Waals surface area (Å²) in [4.78, 5) is 27.8. The van der Waals surface area contributed by atoms with Gasteiger partial charge in [-0.3, -0.25) is 9.59 Å². The van der Waals surface area contributed by atoms with Crippen molar-refractivity contribution in [3.63, 3.8) is 0 Å². The number of carbonyl (C=O) groups excluding carboxylic acids is 2. The molecule has 0 radical (unpaired) electrons. The summed E-state index contributed by atoms with van der Waals surface area (Å²) in [6, 6.07) is 9.94. The van der Waals surface area contributed by atoms with Crippen molar-refractivity contribution in [2.24, 2.45) is 5.92 Å². The van der Waals surface area contributed by atoms with Crippen molar-refractivity contribution in [3.8, 4) is 0 Å². The average Bonchev–Trinajstić information content (AvgIpc) is 3.20. The van der Waals surface area contributed by atoms with Gasteiger partial charge in [0.25, 0.3) is 0 Å². The number of furan rings is 1. The van der Waals surface area contributed by atoms with Crippen molar-refractivity contribution in [1.82, 2.24) is 9.80 Å². The van der Waals surface area contributed by atoms with E-state index in [0.717, 1.165) is 0 Å². The van der Waals surface area contributed by atoms with Crippen LogP contribution in [0, 0.1) is 11.7 Å². The molecule has 126 valence electrons. The number of nitrogens with zero attached hydrogens (tertiary/aromatic N) is 2. The quantitative estimate of drug-likeness (QED) is 0.846. The number of carbonyl (C=O) groups is 2. The first-order valence-electron chi connectivity index (χ1n) is 7.83. The minimum Gasteiger partial charge on any atom is -0.467 e. The second kappa shape index (κ2) is 6.86. The summed E-state index contributed by atoms with van der Waals surface area (Å²) in [5.41, 5.74) is 0.463. The Morgan fingerprint density at radius 2 is 2.12 bits per heavy atom. The molecule has 24 heavy (non-hydrogen) atoms. The van der Waals surface area contributed by atoms with Crippen molar-refractivity contribution < 1.29 is 18.4 Å². The van der Waals surface area contributed by atoms with Gasteiger partial charge in [-0.05, 0) is 18.2 Å². The second-order valence-corrected chi connectivity index (χ2v) is 6.04. The fourth-order valence-corrected chi connectivity index (χ4v) is 2.95. The lowest BCUT2D eigenvalue weighted by Crippen LogP contribution is -2.34. The Labute approximate surface area is 139 Å². The van der Waals surface area contributed by atoms with Crippen LogP contribution >= 0.6 is 0 Å². The molecule has 1 atom stereocenters. The predicted molar refractivity (Wildman–Crippen MR) is 85.1 cm³/mol. The van der Waals surface area contributed by atoms with E-state index in [1.54, 1.807) is 48.5 Å². The zero-order valence-corrected chi connectivity index (χ0v) is 13.4. The monoisotopic (exact) mass is 330 g/mol. The van der Waals surface area contributed by atoms with Crippen LogP contribution in [0.4, 0.5) is 4.39 Å². The molecular weight excluding hydrogens is 311 g/mol. The van der Waals surface area contributed by atoms with Gasteiger partial charge in [-0.2, -0.15) is 0 Å². The van der Waals surface area contributed by atoms with Crippen LogP contribution in [0.25, 0.3) is 0 Å². The Bertz CT molecular complexity index is 730. The largest absolute Gasteiger partial charge is 0.467 e. The Kier molecular flexibility index (Phi) is 4.64. The van der Waals surface area contributed by atoms with Crippen molar-refractivity contribution in [2.45, 2.75) is 19.5 Å². The Balaban J connectivity index is 1.61. The zero-order chi connectivity index (χ0) is 17.1. The molecule has 1 unspecified atom stereocenters. The summed E-state index contributed by atoms with van der Waals surface area (Å²) in [6.07, 6.45) is 1.74. The maximum absolute atomic E-state index is 13.7. The molecule has 3 rings (SSSR count). The molecule has 0 spiro atoms. The van der Waals surface area contributed by atoms with Crippen molar-refractivity contribution in [2.75, 3.05) is 13.6 Å². The van der Waals surface area contributed by atoms with E-state index in [1.165, 1.54) is 11.0 Å². The molecule has 1 aromatic heterocycles. The number of likely N-dealkylation sites (tertiary alicyclic amines) is 1. The van der Waals surface area contributed by atoms with Gasteiger partial charge in [-0.15, -0.1) is 0 Å². The van der Waals surface area contributed by atoms with Crippen LogP contribution in [0.3, 0.4) is 0 Å². The minimum atomic E-state index is -0.399. The van der Waals surface area contributed by atoms with Crippen LogP contribution in [-0.4, -0.2) is 35.2 Å². The molecule has 0 bridgehead atoms. The smallest absolute Gasteiger partial charge is 0.228 e. The molecule has 2 aromatic rings. The van der Waals surface area contributed by atoms with Gasteiger partial charge in [-0.1, -0.05) is 18.2 Å². The summed E-state index contributed by atoms with van der Waals surface area (Å²) in [5, 5.41) is 0. The molecule has 6 heteroatoms. The predicted octanol–water partition coefficient (Wildman–Crippen LogP) is 2.43. The van der Waals surface area contributed by atoms with Gasteiger partial charge in [0.1, 0.15) is 11.6 Å². The highest BCUT2D eigenvalue weighted by Gasteiger charge is 2.36. The average molecular weight is 330 g/mol. The summed E-state index contributed by atoms with van der Waals surface area (Å²) < 4.78 is 19.0. The fourth-order valence-electron chi connectivity index (χ4n) is 2.95. The minimum absolute atomic E-state index is 0.0657. The van der Waals surface area contributed by atoms with E-state index in [2.05, 4.69) is 0 Å². The molecule has 2 heterocycles. The maximum atomic E-state index is 13.7. The van der Waals surface area contributed by atoms with Gasteiger partial charge >= 0.3 is 0 Å². The van der Waals surface area contributed by atoms with Crippen molar-refractivity contribution in [3.05, 3.63) is 59.8 Å². The molecule has 1 fully saturated rings. The summed E-state index contributed by atoms with van der Waals surface area (Å²) in [6.45, 7) is 0.918. The van der Waals surface area contributed by atoms with Crippen LogP contribution in [-0.2, 0) is 22.7 Å². The van der Waals surface area contributed by atoms with Gasteiger partial charge < -0.3 is 14.2 Å². The molecule has 1 aromatic carbocycles. The molecule has 1 aliphatic heterocycles. The zero-order valence-electron chi connectivity index (χ0n) is 13.4. The van der Waals surface area contributed by atoms with E-state index in [1.807, 2.05) is 0 Å². The Morgan fingerprint density at radius 1 is 1.33 bits per heavy atom. The third kappa shape index (κ3) is 3.48. The first-order valence-corrected chi connectivity index (χ1v) is 7.83. The Hall–Kier alpha value is -2.63. The Morgan fingerprint density at radius 3 is 2.83 bits per heavy atom. The molecule has 1 aliphatic rings. The van der Waals surface area contributed by atoms with Gasteiger partial charge in [0.2, 0.25) is 11.8 Å². The SMILES string of the molecule is CN(Cc1ccccc1F)C(=O)C1CC(=O)N(Cc2ccco2)C1. The highest BCUT2D eigenvalue weighted by Crippen LogP contribution is 2.23. The van der Waals surface area contributed by atoms with Gasteiger partial charge in [0.05, 0.1) is 18.7 Å². The molecule has 0 aliphatic carbocycles. The molecule has 1 saturated heterocycles. The number of hydrogen-bond acceptors (Lipinski definition) is 3. The molecule has 0 saturated carbocycles. The second-order valence-electron chi connectivity index (χ2n) is 6.04. The van der Waals surface area contributed by atoms with Gasteiger partial charge in [0.15, 0.2) is 0 Å². The maximum Gasteiger partial charge on any atom is 0.228 e.